The Bertz CT molecular complexity index is 642. The summed E-state index contributed by atoms with van der Waals surface area (Å²) in [5, 5.41) is 15.7. The van der Waals surface area contributed by atoms with Gasteiger partial charge in [0.2, 0.25) is 0 Å². The monoisotopic (exact) mass is 305 g/mol. The van der Waals surface area contributed by atoms with Crippen LogP contribution in [0.1, 0.15) is 11.1 Å². The average Bonchev–Trinajstić information content (AvgIpc) is 2.53. The van der Waals surface area contributed by atoms with Crippen LogP contribution >= 0.6 is 11.6 Å². The number of oxime groups is 1. The van der Waals surface area contributed by atoms with E-state index in [9.17, 15) is 0 Å². The zero-order chi connectivity index (χ0) is 15.2. The van der Waals surface area contributed by atoms with Gasteiger partial charge < -0.3 is 21.0 Å². The molecule has 0 unspecified atom stereocenters. The standard InChI is InChI=1S/C15H16ClN3O2/c1-21-14-7-2-10(15(17)19-20)8-11(14)9-18-13-5-3-12(16)4-6-13/h2-8,18,20H,9H2,1H3,(H2,17,19). The van der Waals surface area contributed by atoms with Gasteiger partial charge in [0.05, 0.1) is 7.11 Å². The number of nitrogens with one attached hydrogen (secondary N) is 1. The molecule has 0 bridgehead atoms. The Labute approximate surface area is 128 Å². The number of halogens is 1. The first-order valence-electron chi connectivity index (χ1n) is 6.28. The van der Waals surface area contributed by atoms with Gasteiger partial charge >= 0.3 is 0 Å². The van der Waals surface area contributed by atoms with E-state index >= 15 is 0 Å². The number of nitrogens with two attached hydrogens (primary N) is 1. The highest BCUT2D eigenvalue weighted by Crippen LogP contribution is 2.22. The Morgan fingerprint density at radius 2 is 2.00 bits per heavy atom. The van der Waals surface area contributed by atoms with Gasteiger partial charge in [-0.25, -0.2) is 0 Å². The number of nitrogens with zero attached hydrogens (tertiary/aromatic N) is 1. The highest BCUT2D eigenvalue weighted by Gasteiger charge is 2.07. The summed E-state index contributed by atoms with van der Waals surface area (Å²) in [5.41, 5.74) is 8.07. The molecule has 2 aromatic rings. The minimum absolute atomic E-state index is 0.0606. The molecule has 6 heteroatoms. The molecule has 5 nitrogen and oxygen atoms in total. The number of anilines is 1. The summed E-state index contributed by atoms with van der Waals surface area (Å²) < 4.78 is 5.32. The number of rotatable bonds is 5. The molecule has 0 aliphatic rings. The molecule has 0 spiro atoms. The van der Waals surface area contributed by atoms with Crippen molar-refractivity contribution in [1.29, 1.82) is 0 Å². The zero-order valence-corrected chi connectivity index (χ0v) is 12.3. The molecule has 0 heterocycles. The second-order valence-electron chi connectivity index (χ2n) is 4.37. The quantitative estimate of drug-likeness (QED) is 0.343. The van der Waals surface area contributed by atoms with Gasteiger partial charge in [-0.05, 0) is 42.5 Å². The Balaban J connectivity index is 2.19. The van der Waals surface area contributed by atoms with Crippen LogP contribution in [0.4, 0.5) is 5.69 Å². The van der Waals surface area contributed by atoms with Crippen molar-refractivity contribution in [3.63, 3.8) is 0 Å². The predicted molar refractivity (Wildman–Crippen MR) is 84.3 cm³/mol. The molecule has 0 aromatic heterocycles. The van der Waals surface area contributed by atoms with Gasteiger partial charge in [0.1, 0.15) is 5.75 Å². The van der Waals surface area contributed by atoms with Crippen LogP contribution in [0.2, 0.25) is 5.02 Å². The third-order valence-electron chi connectivity index (χ3n) is 3.01. The normalized spacial score (nSPS) is 11.2. The van der Waals surface area contributed by atoms with E-state index in [0.29, 0.717) is 17.1 Å². The van der Waals surface area contributed by atoms with E-state index < -0.39 is 0 Å². The Morgan fingerprint density at radius 1 is 1.29 bits per heavy atom. The van der Waals surface area contributed by atoms with Crippen molar-refractivity contribution in [3.05, 3.63) is 58.6 Å². The van der Waals surface area contributed by atoms with Crippen molar-refractivity contribution in [2.45, 2.75) is 6.54 Å². The van der Waals surface area contributed by atoms with Crippen LogP contribution in [-0.4, -0.2) is 18.2 Å². The third-order valence-corrected chi connectivity index (χ3v) is 3.26. The molecule has 0 fully saturated rings. The fraction of sp³-hybridized carbons (Fsp3) is 0.133. The van der Waals surface area contributed by atoms with Crippen molar-refractivity contribution >= 4 is 23.1 Å². The van der Waals surface area contributed by atoms with Gasteiger partial charge in [0, 0.05) is 28.4 Å². The molecule has 0 saturated heterocycles. The SMILES string of the molecule is COc1ccc(/C(N)=N/O)cc1CNc1ccc(Cl)cc1. The van der Waals surface area contributed by atoms with E-state index in [2.05, 4.69) is 10.5 Å². The number of amidine groups is 1. The van der Waals surface area contributed by atoms with E-state index in [-0.39, 0.29) is 5.84 Å². The van der Waals surface area contributed by atoms with Crippen LogP contribution in [0.3, 0.4) is 0 Å². The van der Waals surface area contributed by atoms with Gasteiger partial charge in [-0.1, -0.05) is 16.8 Å². The van der Waals surface area contributed by atoms with Crippen molar-refractivity contribution in [3.8, 4) is 5.75 Å². The lowest BCUT2D eigenvalue weighted by Crippen LogP contribution is -2.14. The number of hydrogen-bond acceptors (Lipinski definition) is 4. The molecule has 2 rings (SSSR count). The first-order chi connectivity index (χ1) is 10.1. The van der Waals surface area contributed by atoms with E-state index in [0.717, 1.165) is 17.0 Å². The van der Waals surface area contributed by atoms with Crippen LogP contribution in [0.5, 0.6) is 5.75 Å². The van der Waals surface area contributed by atoms with Crippen molar-refractivity contribution in [1.82, 2.24) is 0 Å². The van der Waals surface area contributed by atoms with Gasteiger partial charge in [-0.15, -0.1) is 0 Å². The van der Waals surface area contributed by atoms with E-state index in [1.807, 2.05) is 30.3 Å². The van der Waals surface area contributed by atoms with Crippen LogP contribution in [0.15, 0.2) is 47.6 Å². The van der Waals surface area contributed by atoms with Crippen LogP contribution in [-0.2, 0) is 6.54 Å². The number of hydrogen-bond donors (Lipinski definition) is 3. The van der Waals surface area contributed by atoms with Crippen LogP contribution < -0.4 is 15.8 Å². The van der Waals surface area contributed by atoms with E-state index in [4.69, 9.17) is 27.3 Å². The Kier molecular flexibility index (Phi) is 4.90. The predicted octanol–water partition coefficient (Wildman–Crippen LogP) is 3.06. The van der Waals surface area contributed by atoms with E-state index in [1.165, 1.54) is 0 Å². The van der Waals surface area contributed by atoms with Gasteiger partial charge in [0.25, 0.3) is 0 Å². The Morgan fingerprint density at radius 3 is 2.62 bits per heavy atom. The maximum atomic E-state index is 8.74. The smallest absolute Gasteiger partial charge is 0.170 e. The summed E-state index contributed by atoms with van der Waals surface area (Å²) in [5.74, 6) is 0.788. The lowest BCUT2D eigenvalue weighted by atomic mass is 10.1. The van der Waals surface area contributed by atoms with Crippen molar-refractivity contribution in [2.75, 3.05) is 12.4 Å². The summed E-state index contributed by atoms with van der Waals surface area (Å²) in [6, 6.07) is 12.7. The molecular formula is C15H16ClN3O2. The molecule has 0 aliphatic carbocycles. The fourth-order valence-corrected chi connectivity index (χ4v) is 2.02. The van der Waals surface area contributed by atoms with Gasteiger partial charge in [0.15, 0.2) is 5.84 Å². The lowest BCUT2D eigenvalue weighted by Gasteiger charge is -2.12. The summed E-state index contributed by atoms with van der Waals surface area (Å²) in [6.45, 7) is 0.539. The number of benzene rings is 2. The molecule has 2 aromatic carbocycles. The third kappa shape index (κ3) is 3.79. The zero-order valence-electron chi connectivity index (χ0n) is 11.5. The fourth-order valence-electron chi connectivity index (χ4n) is 1.90. The second-order valence-corrected chi connectivity index (χ2v) is 4.81. The van der Waals surface area contributed by atoms with E-state index in [1.54, 1.807) is 19.2 Å². The van der Waals surface area contributed by atoms with Crippen molar-refractivity contribution in [2.24, 2.45) is 10.9 Å². The highest BCUT2D eigenvalue weighted by atomic mass is 35.5. The lowest BCUT2D eigenvalue weighted by molar-refractivity contribution is 0.318. The van der Waals surface area contributed by atoms with Crippen LogP contribution in [0.25, 0.3) is 0 Å². The topological polar surface area (TPSA) is 79.9 Å². The second kappa shape index (κ2) is 6.85. The van der Waals surface area contributed by atoms with Gasteiger partial charge in [-0.2, -0.15) is 0 Å². The number of methoxy groups -OCH3 is 1. The molecule has 0 radical (unpaired) electrons. The molecule has 0 amide bonds. The summed E-state index contributed by atoms with van der Waals surface area (Å²) in [4.78, 5) is 0. The average molecular weight is 306 g/mol. The summed E-state index contributed by atoms with van der Waals surface area (Å²) in [7, 11) is 1.60. The molecule has 0 atom stereocenters. The first kappa shape index (κ1) is 15.0. The Hall–Kier alpha value is -2.40. The maximum Gasteiger partial charge on any atom is 0.170 e. The van der Waals surface area contributed by atoms with Crippen molar-refractivity contribution < 1.29 is 9.94 Å². The summed E-state index contributed by atoms with van der Waals surface area (Å²) >= 11 is 5.85. The molecule has 0 saturated carbocycles. The summed E-state index contributed by atoms with van der Waals surface area (Å²) in [6.07, 6.45) is 0. The molecule has 0 aliphatic heterocycles. The molecular weight excluding hydrogens is 290 g/mol. The van der Waals surface area contributed by atoms with Gasteiger partial charge in [-0.3, -0.25) is 0 Å². The molecule has 110 valence electrons. The molecule has 4 N–H and O–H groups in total. The minimum Gasteiger partial charge on any atom is -0.496 e. The highest BCUT2D eigenvalue weighted by molar-refractivity contribution is 6.30. The number of ether oxygens (including phenoxy) is 1. The largest absolute Gasteiger partial charge is 0.496 e. The van der Waals surface area contributed by atoms with Crippen LogP contribution in [0, 0.1) is 0 Å². The molecule has 21 heavy (non-hydrogen) atoms. The maximum absolute atomic E-state index is 8.74. The minimum atomic E-state index is 0.0606. The first-order valence-corrected chi connectivity index (χ1v) is 6.66.